The highest BCUT2D eigenvalue weighted by Crippen LogP contribution is 2.09. The average Bonchev–Trinajstić information content (AvgIpc) is 2.33. The SMILES string of the molecule is CCCCC(=O)OC[C@H](C)CCCC(=O)NO. The van der Waals surface area contributed by atoms with E-state index in [0.29, 0.717) is 25.9 Å². The van der Waals surface area contributed by atoms with Gasteiger partial charge in [0.25, 0.3) is 0 Å². The van der Waals surface area contributed by atoms with Crippen LogP contribution in [-0.2, 0) is 14.3 Å². The first-order valence-electron chi connectivity index (χ1n) is 6.18. The predicted octanol–water partition coefficient (Wildman–Crippen LogP) is 2.03. The van der Waals surface area contributed by atoms with Crippen LogP contribution in [0, 0.1) is 5.92 Å². The molecular weight excluding hydrogens is 222 g/mol. The summed E-state index contributed by atoms with van der Waals surface area (Å²) in [6.07, 6.45) is 4.11. The highest BCUT2D eigenvalue weighted by molar-refractivity contribution is 5.74. The van der Waals surface area contributed by atoms with E-state index in [2.05, 4.69) is 0 Å². The molecule has 100 valence electrons. The van der Waals surface area contributed by atoms with E-state index in [1.165, 1.54) is 0 Å². The van der Waals surface area contributed by atoms with Crippen LogP contribution in [0.4, 0.5) is 0 Å². The summed E-state index contributed by atoms with van der Waals surface area (Å²) in [7, 11) is 0. The molecule has 5 heteroatoms. The summed E-state index contributed by atoms with van der Waals surface area (Å²) in [5.41, 5.74) is 1.59. The van der Waals surface area contributed by atoms with Gasteiger partial charge in [-0.25, -0.2) is 5.48 Å². The zero-order valence-electron chi connectivity index (χ0n) is 10.7. The molecule has 0 unspecified atom stereocenters. The maximum absolute atomic E-state index is 11.2. The number of nitrogens with one attached hydrogen (secondary N) is 1. The first-order chi connectivity index (χ1) is 8.10. The van der Waals surface area contributed by atoms with Crippen molar-refractivity contribution in [3.05, 3.63) is 0 Å². The smallest absolute Gasteiger partial charge is 0.305 e. The van der Waals surface area contributed by atoms with Gasteiger partial charge in [-0.1, -0.05) is 20.3 Å². The van der Waals surface area contributed by atoms with Crippen LogP contribution in [0.3, 0.4) is 0 Å². The summed E-state index contributed by atoms with van der Waals surface area (Å²) < 4.78 is 5.10. The van der Waals surface area contributed by atoms with Crippen molar-refractivity contribution in [3.8, 4) is 0 Å². The lowest BCUT2D eigenvalue weighted by Crippen LogP contribution is -2.18. The van der Waals surface area contributed by atoms with Gasteiger partial charge >= 0.3 is 5.97 Å². The van der Waals surface area contributed by atoms with E-state index >= 15 is 0 Å². The standard InChI is InChI=1S/C12H23NO4/c1-3-4-8-12(15)17-9-10(2)6-5-7-11(14)13-16/h10,16H,3-9H2,1-2H3,(H,13,14)/t10-/m1/s1. The average molecular weight is 245 g/mol. The Balaban J connectivity index is 3.48. The molecule has 0 aromatic heterocycles. The third kappa shape index (κ3) is 9.81. The molecule has 0 heterocycles. The van der Waals surface area contributed by atoms with Crippen LogP contribution in [0.2, 0.25) is 0 Å². The predicted molar refractivity (Wildman–Crippen MR) is 63.4 cm³/mol. The number of hydrogen-bond donors (Lipinski definition) is 2. The maximum Gasteiger partial charge on any atom is 0.305 e. The Bertz CT molecular complexity index is 231. The van der Waals surface area contributed by atoms with E-state index in [-0.39, 0.29) is 17.8 Å². The monoisotopic (exact) mass is 245 g/mol. The first kappa shape index (κ1) is 15.9. The van der Waals surface area contributed by atoms with E-state index < -0.39 is 0 Å². The second-order valence-electron chi connectivity index (χ2n) is 4.32. The molecule has 0 aromatic carbocycles. The van der Waals surface area contributed by atoms with Crippen LogP contribution in [-0.4, -0.2) is 23.7 Å². The van der Waals surface area contributed by atoms with Crippen molar-refractivity contribution in [1.82, 2.24) is 5.48 Å². The summed E-state index contributed by atoms with van der Waals surface area (Å²) in [5, 5.41) is 8.29. The zero-order valence-corrected chi connectivity index (χ0v) is 10.7. The van der Waals surface area contributed by atoms with Gasteiger partial charge in [0.1, 0.15) is 0 Å². The lowest BCUT2D eigenvalue weighted by atomic mass is 10.1. The van der Waals surface area contributed by atoms with Crippen molar-refractivity contribution in [2.24, 2.45) is 5.92 Å². The third-order valence-electron chi connectivity index (χ3n) is 2.49. The van der Waals surface area contributed by atoms with E-state index in [9.17, 15) is 9.59 Å². The lowest BCUT2D eigenvalue weighted by molar-refractivity contribution is -0.145. The van der Waals surface area contributed by atoms with Crippen LogP contribution >= 0.6 is 0 Å². The molecule has 1 atom stereocenters. The first-order valence-corrected chi connectivity index (χ1v) is 6.18. The number of hydrogen-bond acceptors (Lipinski definition) is 4. The molecule has 0 fully saturated rings. The molecular formula is C12H23NO4. The van der Waals surface area contributed by atoms with Crippen molar-refractivity contribution in [2.45, 2.75) is 52.4 Å². The second kappa shape index (κ2) is 10.1. The number of amides is 1. The van der Waals surface area contributed by atoms with Crippen LogP contribution < -0.4 is 5.48 Å². The molecule has 2 N–H and O–H groups in total. The Kier molecular flexibility index (Phi) is 9.43. The fourth-order valence-corrected chi connectivity index (χ4v) is 1.38. The van der Waals surface area contributed by atoms with Crippen molar-refractivity contribution in [2.75, 3.05) is 6.61 Å². The fourth-order valence-electron chi connectivity index (χ4n) is 1.38. The zero-order chi connectivity index (χ0) is 13.1. The summed E-state index contributed by atoms with van der Waals surface area (Å²) in [6, 6.07) is 0. The van der Waals surface area contributed by atoms with Gasteiger partial charge in [-0.2, -0.15) is 0 Å². The van der Waals surface area contributed by atoms with Gasteiger partial charge in [-0.3, -0.25) is 14.8 Å². The van der Waals surface area contributed by atoms with Crippen molar-refractivity contribution < 1.29 is 19.5 Å². The Labute approximate surface area is 102 Å². The maximum atomic E-state index is 11.2. The minimum atomic E-state index is -0.378. The van der Waals surface area contributed by atoms with E-state index in [0.717, 1.165) is 19.3 Å². The van der Waals surface area contributed by atoms with Crippen molar-refractivity contribution >= 4 is 11.9 Å². The molecule has 0 aromatic rings. The number of unbranched alkanes of at least 4 members (excludes halogenated alkanes) is 1. The van der Waals surface area contributed by atoms with Gasteiger partial charge in [0.05, 0.1) is 6.61 Å². The van der Waals surface area contributed by atoms with Crippen molar-refractivity contribution in [3.63, 3.8) is 0 Å². The van der Waals surface area contributed by atoms with Crippen molar-refractivity contribution in [1.29, 1.82) is 0 Å². The summed E-state index contributed by atoms with van der Waals surface area (Å²) in [6.45, 7) is 4.41. The number of rotatable bonds is 9. The summed E-state index contributed by atoms with van der Waals surface area (Å²) in [5.74, 6) is -0.281. The van der Waals surface area contributed by atoms with Gasteiger partial charge in [0.2, 0.25) is 5.91 Å². The van der Waals surface area contributed by atoms with Gasteiger partial charge in [-0.15, -0.1) is 0 Å². The van der Waals surface area contributed by atoms with Crippen LogP contribution in [0.5, 0.6) is 0 Å². The molecule has 17 heavy (non-hydrogen) atoms. The molecule has 0 spiro atoms. The molecule has 1 amide bonds. The number of esters is 1. The number of carbonyl (C=O) groups excluding carboxylic acids is 2. The summed E-state index contributed by atoms with van der Waals surface area (Å²) >= 11 is 0. The molecule has 0 radical (unpaired) electrons. The number of ether oxygens (including phenoxy) is 1. The minimum absolute atomic E-state index is 0.146. The van der Waals surface area contributed by atoms with E-state index in [4.69, 9.17) is 9.94 Å². The molecule has 0 aliphatic heterocycles. The molecule has 0 bridgehead atoms. The van der Waals surface area contributed by atoms with Gasteiger partial charge in [0.15, 0.2) is 0 Å². The van der Waals surface area contributed by atoms with Gasteiger partial charge in [0, 0.05) is 12.8 Å². The molecule has 0 saturated carbocycles. The highest BCUT2D eigenvalue weighted by atomic mass is 16.5. The topological polar surface area (TPSA) is 75.6 Å². The second-order valence-corrected chi connectivity index (χ2v) is 4.32. The van der Waals surface area contributed by atoms with E-state index in [1.807, 2.05) is 13.8 Å². The number of carbonyl (C=O) groups is 2. The van der Waals surface area contributed by atoms with Gasteiger partial charge in [-0.05, 0) is 25.2 Å². The Morgan fingerprint density at radius 1 is 1.29 bits per heavy atom. The number of hydroxylamine groups is 1. The van der Waals surface area contributed by atoms with Crippen LogP contribution in [0.15, 0.2) is 0 Å². The molecule has 0 aliphatic rings. The van der Waals surface area contributed by atoms with Crippen LogP contribution in [0.25, 0.3) is 0 Å². The molecule has 0 aliphatic carbocycles. The van der Waals surface area contributed by atoms with E-state index in [1.54, 1.807) is 5.48 Å². The Morgan fingerprint density at radius 3 is 2.59 bits per heavy atom. The van der Waals surface area contributed by atoms with Gasteiger partial charge < -0.3 is 4.74 Å². The normalized spacial score (nSPS) is 11.9. The quantitative estimate of drug-likeness (QED) is 0.370. The summed E-state index contributed by atoms with van der Waals surface area (Å²) in [4.78, 5) is 21.9. The lowest BCUT2D eigenvalue weighted by Gasteiger charge is -2.11. The minimum Gasteiger partial charge on any atom is -0.465 e. The molecule has 0 rings (SSSR count). The largest absolute Gasteiger partial charge is 0.465 e. The Hall–Kier alpha value is -1.10. The fraction of sp³-hybridized carbons (Fsp3) is 0.833. The Morgan fingerprint density at radius 2 is 2.00 bits per heavy atom. The molecule has 5 nitrogen and oxygen atoms in total. The molecule has 0 saturated heterocycles. The van der Waals surface area contributed by atoms with Crippen LogP contribution in [0.1, 0.15) is 52.4 Å². The third-order valence-corrected chi connectivity index (χ3v) is 2.49. The highest BCUT2D eigenvalue weighted by Gasteiger charge is 2.08.